The second-order valence-electron chi connectivity index (χ2n) is 3.53. The number of halogens is 1. The van der Waals surface area contributed by atoms with Crippen LogP contribution in [0.4, 0.5) is 0 Å². The minimum Gasteiger partial charge on any atom is -0.277 e. The van der Waals surface area contributed by atoms with Crippen molar-refractivity contribution in [3.63, 3.8) is 0 Å². The molecule has 0 fully saturated rings. The van der Waals surface area contributed by atoms with Gasteiger partial charge in [-0.3, -0.25) is 4.40 Å². The van der Waals surface area contributed by atoms with Gasteiger partial charge in [0.2, 0.25) is 5.16 Å². The molecule has 0 radical (unpaired) electrons. The summed E-state index contributed by atoms with van der Waals surface area (Å²) in [5, 5.41) is 10.8. The van der Waals surface area contributed by atoms with Crippen molar-refractivity contribution < 1.29 is 0 Å². The van der Waals surface area contributed by atoms with Crippen molar-refractivity contribution in [2.75, 3.05) is 6.26 Å². The van der Waals surface area contributed by atoms with Crippen molar-refractivity contribution in [1.82, 2.24) is 24.6 Å². The Bertz CT molecular complexity index is 730. The van der Waals surface area contributed by atoms with E-state index >= 15 is 0 Å². The van der Waals surface area contributed by atoms with E-state index in [9.17, 15) is 0 Å². The molecule has 0 atom stereocenters. The molecule has 3 rings (SSSR count). The third-order valence-corrected chi connectivity index (χ3v) is 3.93. The molecule has 19 heavy (non-hydrogen) atoms. The molecule has 0 bridgehead atoms. The summed E-state index contributed by atoms with van der Waals surface area (Å²) in [5.74, 6) is 0. The maximum atomic E-state index is 5.97. The molecule has 3 aromatic rings. The number of rotatable bonds is 3. The van der Waals surface area contributed by atoms with Crippen LogP contribution in [0.25, 0.3) is 5.65 Å². The molecule has 0 aliphatic rings. The summed E-state index contributed by atoms with van der Waals surface area (Å²) in [6.07, 6.45) is 3.82. The second-order valence-corrected chi connectivity index (χ2v) is 5.68. The van der Waals surface area contributed by atoms with Gasteiger partial charge in [0.1, 0.15) is 10.2 Å². The smallest absolute Gasteiger partial charge is 0.201 e. The summed E-state index contributed by atoms with van der Waals surface area (Å²) in [6.45, 7) is 0. The number of pyridine rings is 1. The first-order chi connectivity index (χ1) is 9.26. The largest absolute Gasteiger partial charge is 0.277 e. The molecule has 5 nitrogen and oxygen atoms in total. The van der Waals surface area contributed by atoms with Gasteiger partial charge in [0, 0.05) is 12.3 Å². The Morgan fingerprint density at radius 3 is 2.95 bits per heavy atom. The first-order valence-electron chi connectivity index (χ1n) is 5.32. The number of fused-ring (bicyclic) bond motifs is 1. The van der Waals surface area contributed by atoms with Crippen LogP contribution in [0.3, 0.4) is 0 Å². The molecular weight excluding hydrogens is 302 g/mol. The predicted octanol–water partition coefficient (Wildman–Crippen LogP) is 3.05. The lowest BCUT2D eigenvalue weighted by molar-refractivity contribution is 0.877. The number of hydrogen-bond donors (Lipinski definition) is 0. The highest BCUT2D eigenvalue weighted by Gasteiger charge is 2.09. The lowest BCUT2D eigenvalue weighted by atomic mass is 10.5. The summed E-state index contributed by atoms with van der Waals surface area (Å²) in [6, 6.07) is 7.47. The summed E-state index contributed by atoms with van der Waals surface area (Å²) in [5.41, 5.74) is 0.801. The first-order valence-corrected chi connectivity index (χ1v) is 7.74. The van der Waals surface area contributed by atoms with Crippen LogP contribution in [-0.2, 0) is 0 Å². The minimum absolute atomic E-state index is 0.427. The van der Waals surface area contributed by atoms with E-state index in [1.807, 2.05) is 35.1 Å². The zero-order chi connectivity index (χ0) is 13.2. The molecule has 0 saturated heterocycles. The van der Waals surface area contributed by atoms with Gasteiger partial charge in [0.25, 0.3) is 0 Å². The van der Waals surface area contributed by atoms with Crippen LogP contribution < -0.4 is 0 Å². The van der Waals surface area contributed by atoms with E-state index < -0.39 is 0 Å². The van der Waals surface area contributed by atoms with Gasteiger partial charge < -0.3 is 0 Å². The Kier molecular flexibility index (Phi) is 3.58. The monoisotopic (exact) mass is 309 g/mol. The van der Waals surface area contributed by atoms with Gasteiger partial charge in [-0.15, -0.1) is 10.2 Å². The molecule has 0 aromatic carbocycles. The van der Waals surface area contributed by atoms with Gasteiger partial charge in [-0.2, -0.15) is 0 Å². The summed E-state index contributed by atoms with van der Waals surface area (Å²) in [7, 11) is 0. The lowest BCUT2D eigenvalue weighted by Gasteiger charge is -2.01. The molecule has 3 heterocycles. The van der Waals surface area contributed by atoms with E-state index in [1.165, 1.54) is 23.5 Å². The topological polar surface area (TPSA) is 56.0 Å². The number of aromatic nitrogens is 5. The molecule has 3 aromatic heterocycles. The van der Waals surface area contributed by atoms with Crippen molar-refractivity contribution >= 4 is 40.8 Å². The zero-order valence-electron chi connectivity index (χ0n) is 9.82. The van der Waals surface area contributed by atoms with Crippen LogP contribution in [0.15, 0.2) is 45.8 Å². The van der Waals surface area contributed by atoms with Gasteiger partial charge in [-0.1, -0.05) is 29.4 Å². The van der Waals surface area contributed by atoms with Crippen molar-refractivity contribution in [3.8, 4) is 0 Å². The van der Waals surface area contributed by atoms with Crippen LogP contribution in [0.2, 0.25) is 5.15 Å². The Hall–Kier alpha value is -1.31. The van der Waals surface area contributed by atoms with Crippen LogP contribution in [0.5, 0.6) is 0 Å². The van der Waals surface area contributed by atoms with Crippen molar-refractivity contribution in [1.29, 1.82) is 0 Å². The number of hydrogen-bond acceptors (Lipinski definition) is 6. The molecule has 0 amide bonds. The Labute approximate surface area is 122 Å². The van der Waals surface area contributed by atoms with E-state index in [-0.39, 0.29) is 0 Å². The molecule has 0 spiro atoms. The Morgan fingerprint density at radius 1 is 1.21 bits per heavy atom. The third-order valence-electron chi connectivity index (χ3n) is 2.31. The maximum absolute atomic E-state index is 5.97. The van der Waals surface area contributed by atoms with Gasteiger partial charge in [-0.05, 0) is 30.2 Å². The summed E-state index contributed by atoms with van der Waals surface area (Å²) in [4.78, 5) is 8.49. The van der Waals surface area contributed by atoms with E-state index in [2.05, 4.69) is 20.2 Å². The molecule has 8 heteroatoms. The molecule has 96 valence electrons. The van der Waals surface area contributed by atoms with Crippen LogP contribution >= 0.6 is 35.1 Å². The average Bonchev–Trinajstić information content (AvgIpc) is 2.82. The molecule has 0 aliphatic carbocycles. The van der Waals surface area contributed by atoms with Crippen molar-refractivity contribution in [2.45, 2.75) is 15.3 Å². The third kappa shape index (κ3) is 2.68. The van der Waals surface area contributed by atoms with Crippen LogP contribution in [-0.4, -0.2) is 30.8 Å². The van der Waals surface area contributed by atoms with Crippen LogP contribution in [0, 0.1) is 0 Å². The van der Waals surface area contributed by atoms with Gasteiger partial charge in [0.05, 0.1) is 0 Å². The van der Waals surface area contributed by atoms with E-state index in [4.69, 9.17) is 11.6 Å². The normalized spacial score (nSPS) is 11.1. The number of nitrogens with zero attached hydrogens (tertiary/aromatic N) is 5. The van der Waals surface area contributed by atoms with Gasteiger partial charge >= 0.3 is 0 Å². The molecule has 0 saturated carbocycles. The fourth-order valence-electron chi connectivity index (χ4n) is 1.50. The molecule has 0 unspecified atom stereocenters. The number of thioether (sulfide) groups is 1. The Balaban J connectivity index is 1.99. The highest BCUT2D eigenvalue weighted by molar-refractivity contribution is 7.99. The summed E-state index contributed by atoms with van der Waals surface area (Å²) < 4.78 is 1.90. The van der Waals surface area contributed by atoms with Crippen molar-refractivity contribution in [2.24, 2.45) is 0 Å². The molecular formula is C11H8ClN5S2. The SMILES string of the molecule is CSc1nc(Cl)cc(Sc2nnc3ccccn23)n1. The Morgan fingerprint density at radius 2 is 2.11 bits per heavy atom. The van der Waals surface area contributed by atoms with Gasteiger partial charge in [0.15, 0.2) is 10.8 Å². The fourth-order valence-corrected chi connectivity index (χ4v) is 3.06. The lowest BCUT2D eigenvalue weighted by Crippen LogP contribution is -1.91. The first kappa shape index (κ1) is 12.7. The van der Waals surface area contributed by atoms with E-state index in [1.54, 1.807) is 6.07 Å². The summed E-state index contributed by atoms with van der Waals surface area (Å²) >= 11 is 8.83. The van der Waals surface area contributed by atoms with Crippen LogP contribution in [0.1, 0.15) is 0 Å². The standard InChI is InChI=1S/C11H8ClN5S2/c1-18-10-13-7(12)6-9(14-10)19-11-16-15-8-4-2-3-5-17(8)11/h2-6H,1H3. The van der Waals surface area contributed by atoms with Gasteiger partial charge in [-0.25, -0.2) is 9.97 Å². The fraction of sp³-hybridized carbons (Fsp3) is 0.0909. The molecule has 0 aliphatic heterocycles. The van der Waals surface area contributed by atoms with E-state index in [0.29, 0.717) is 10.3 Å². The zero-order valence-corrected chi connectivity index (χ0v) is 12.2. The maximum Gasteiger partial charge on any atom is 0.201 e. The van der Waals surface area contributed by atoms with E-state index in [0.717, 1.165) is 15.8 Å². The van der Waals surface area contributed by atoms with Crippen molar-refractivity contribution in [3.05, 3.63) is 35.6 Å². The molecule has 0 N–H and O–H groups in total. The minimum atomic E-state index is 0.427. The highest BCUT2D eigenvalue weighted by Crippen LogP contribution is 2.27. The quantitative estimate of drug-likeness (QED) is 0.421. The highest BCUT2D eigenvalue weighted by atomic mass is 35.5. The predicted molar refractivity (Wildman–Crippen MR) is 75.9 cm³/mol. The second kappa shape index (κ2) is 5.36. The average molecular weight is 310 g/mol.